The van der Waals surface area contributed by atoms with Gasteiger partial charge in [0.2, 0.25) is 5.91 Å². The van der Waals surface area contributed by atoms with Gasteiger partial charge in [-0.05, 0) is 30.2 Å². The Morgan fingerprint density at radius 2 is 1.93 bits per heavy atom. The van der Waals surface area contributed by atoms with Gasteiger partial charge < -0.3 is 4.90 Å². The molecule has 6 heteroatoms. The number of carbonyl (C=O) groups is 1. The molecule has 1 heterocycles. The van der Waals surface area contributed by atoms with Crippen molar-refractivity contribution in [2.24, 2.45) is 0 Å². The van der Waals surface area contributed by atoms with Gasteiger partial charge in [-0.1, -0.05) is 37.3 Å². The minimum atomic E-state index is -0.267. The molecule has 3 rings (SSSR count). The molecule has 0 spiro atoms. The maximum Gasteiger partial charge on any atom is 0.275 e. The SMILES string of the molecule is CCCN(Cc1ccc(C#N)cc1)C(=O)Cn1ncc2ccccc2c1=O. The van der Waals surface area contributed by atoms with Gasteiger partial charge >= 0.3 is 0 Å². The molecular weight excluding hydrogens is 340 g/mol. The molecule has 0 radical (unpaired) electrons. The summed E-state index contributed by atoms with van der Waals surface area (Å²) >= 11 is 0. The van der Waals surface area contributed by atoms with E-state index in [1.54, 1.807) is 35.4 Å². The third kappa shape index (κ3) is 4.21. The molecule has 27 heavy (non-hydrogen) atoms. The Balaban J connectivity index is 1.80. The molecule has 0 atom stereocenters. The molecule has 3 aromatic rings. The van der Waals surface area contributed by atoms with Crippen molar-refractivity contribution in [2.45, 2.75) is 26.4 Å². The summed E-state index contributed by atoms with van der Waals surface area (Å²) in [6.45, 7) is 2.92. The van der Waals surface area contributed by atoms with Crippen molar-refractivity contribution >= 4 is 16.7 Å². The zero-order valence-corrected chi connectivity index (χ0v) is 15.1. The lowest BCUT2D eigenvalue weighted by Gasteiger charge is -2.22. The fourth-order valence-corrected chi connectivity index (χ4v) is 2.94. The van der Waals surface area contributed by atoms with Crippen LogP contribution in [0.3, 0.4) is 0 Å². The van der Waals surface area contributed by atoms with Crippen LogP contribution in [-0.4, -0.2) is 27.1 Å². The first-order valence-electron chi connectivity index (χ1n) is 8.84. The van der Waals surface area contributed by atoms with E-state index in [9.17, 15) is 9.59 Å². The quantitative estimate of drug-likeness (QED) is 0.677. The third-order valence-corrected chi connectivity index (χ3v) is 4.35. The number of nitrogens with zero attached hydrogens (tertiary/aromatic N) is 4. The standard InChI is InChI=1S/C21H20N4O2/c1-2-11-24(14-17-9-7-16(12-22)8-10-17)20(26)15-25-21(27)19-6-4-3-5-18(19)13-23-25/h3-10,13H,2,11,14-15H2,1H3. The van der Waals surface area contributed by atoms with Crippen molar-refractivity contribution in [2.75, 3.05) is 6.54 Å². The number of fused-ring (bicyclic) bond motifs is 1. The lowest BCUT2D eigenvalue weighted by molar-refractivity contribution is -0.132. The van der Waals surface area contributed by atoms with Crippen LogP contribution in [0.2, 0.25) is 0 Å². The number of rotatable bonds is 6. The average Bonchev–Trinajstić information content (AvgIpc) is 2.70. The Hall–Kier alpha value is -3.46. The monoisotopic (exact) mass is 360 g/mol. The number of nitriles is 1. The fraction of sp³-hybridized carbons (Fsp3) is 0.238. The number of amides is 1. The number of benzene rings is 2. The van der Waals surface area contributed by atoms with E-state index >= 15 is 0 Å². The molecule has 136 valence electrons. The summed E-state index contributed by atoms with van der Waals surface area (Å²) in [5.74, 6) is -0.161. The summed E-state index contributed by atoms with van der Waals surface area (Å²) in [6.07, 6.45) is 2.41. The molecule has 0 aliphatic heterocycles. The number of aromatic nitrogens is 2. The Bertz CT molecular complexity index is 1050. The molecule has 0 aliphatic rings. The summed E-state index contributed by atoms with van der Waals surface area (Å²) < 4.78 is 1.21. The lowest BCUT2D eigenvalue weighted by atomic mass is 10.1. The Morgan fingerprint density at radius 1 is 1.19 bits per heavy atom. The molecule has 0 N–H and O–H groups in total. The molecule has 2 aromatic carbocycles. The van der Waals surface area contributed by atoms with Crippen LogP contribution in [0.1, 0.15) is 24.5 Å². The van der Waals surface area contributed by atoms with Gasteiger partial charge in [-0.2, -0.15) is 10.4 Å². The Labute approximate surface area is 157 Å². The Kier molecular flexibility index (Phi) is 5.62. The molecule has 0 aliphatic carbocycles. The highest BCUT2D eigenvalue weighted by Crippen LogP contribution is 2.10. The van der Waals surface area contributed by atoms with Crippen molar-refractivity contribution in [3.8, 4) is 6.07 Å². The van der Waals surface area contributed by atoms with Gasteiger partial charge in [0.05, 0.1) is 23.2 Å². The van der Waals surface area contributed by atoms with Crippen LogP contribution in [0.5, 0.6) is 0 Å². The Morgan fingerprint density at radius 3 is 2.63 bits per heavy atom. The molecule has 0 unspecified atom stereocenters. The van der Waals surface area contributed by atoms with E-state index in [1.165, 1.54) is 4.68 Å². The summed E-state index contributed by atoms with van der Waals surface area (Å²) in [4.78, 5) is 27.1. The zero-order valence-electron chi connectivity index (χ0n) is 15.1. The largest absolute Gasteiger partial charge is 0.337 e. The average molecular weight is 360 g/mol. The fourth-order valence-electron chi connectivity index (χ4n) is 2.94. The molecule has 0 bridgehead atoms. The second kappa shape index (κ2) is 8.28. The van der Waals surface area contributed by atoms with Crippen LogP contribution in [0.15, 0.2) is 59.5 Å². The van der Waals surface area contributed by atoms with Gasteiger partial charge in [0.15, 0.2) is 0 Å². The summed E-state index contributed by atoms with van der Waals surface area (Å²) in [6, 6.07) is 16.4. The van der Waals surface area contributed by atoms with E-state index in [0.717, 1.165) is 17.4 Å². The second-order valence-electron chi connectivity index (χ2n) is 6.32. The number of hydrogen-bond acceptors (Lipinski definition) is 4. The minimum absolute atomic E-state index is 0.0973. The van der Waals surface area contributed by atoms with E-state index in [-0.39, 0.29) is 18.0 Å². The van der Waals surface area contributed by atoms with Crippen LogP contribution in [-0.2, 0) is 17.9 Å². The van der Waals surface area contributed by atoms with Gasteiger partial charge in [0.25, 0.3) is 5.56 Å². The smallest absolute Gasteiger partial charge is 0.275 e. The number of carbonyl (C=O) groups excluding carboxylic acids is 1. The van der Waals surface area contributed by atoms with E-state index < -0.39 is 0 Å². The van der Waals surface area contributed by atoms with E-state index in [1.807, 2.05) is 31.2 Å². The number of hydrogen-bond donors (Lipinski definition) is 0. The normalized spacial score (nSPS) is 10.5. The molecule has 1 amide bonds. The lowest BCUT2D eigenvalue weighted by Crippen LogP contribution is -2.37. The predicted octanol–water partition coefficient (Wildman–Crippen LogP) is 2.71. The highest BCUT2D eigenvalue weighted by molar-refractivity contribution is 5.81. The maximum atomic E-state index is 12.8. The zero-order chi connectivity index (χ0) is 19.2. The van der Waals surface area contributed by atoms with E-state index in [0.29, 0.717) is 24.0 Å². The van der Waals surface area contributed by atoms with E-state index in [2.05, 4.69) is 11.2 Å². The molecule has 1 aromatic heterocycles. The minimum Gasteiger partial charge on any atom is -0.337 e. The maximum absolute atomic E-state index is 12.8. The van der Waals surface area contributed by atoms with Gasteiger partial charge in [-0.3, -0.25) is 9.59 Å². The van der Waals surface area contributed by atoms with Crippen molar-refractivity contribution in [3.05, 3.63) is 76.2 Å². The van der Waals surface area contributed by atoms with Crippen LogP contribution in [0.25, 0.3) is 10.8 Å². The summed E-state index contributed by atoms with van der Waals surface area (Å²) in [5.41, 5.74) is 1.25. The van der Waals surface area contributed by atoms with Crippen LogP contribution in [0, 0.1) is 11.3 Å². The predicted molar refractivity (Wildman–Crippen MR) is 103 cm³/mol. The van der Waals surface area contributed by atoms with E-state index in [4.69, 9.17) is 5.26 Å². The first kappa shape index (κ1) is 18.3. The van der Waals surface area contributed by atoms with Crippen molar-refractivity contribution in [1.29, 1.82) is 5.26 Å². The van der Waals surface area contributed by atoms with Crippen LogP contribution < -0.4 is 5.56 Å². The summed E-state index contributed by atoms with van der Waals surface area (Å²) in [5, 5.41) is 14.3. The molecule has 0 saturated carbocycles. The van der Waals surface area contributed by atoms with Gasteiger partial charge in [0.1, 0.15) is 6.54 Å². The third-order valence-electron chi connectivity index (χ3n) is 4.35. The van der Waals surface area contributed by atoms with Crippen LogP contribution >= 0.6 is 0 Å². The molecule has 0 fully saturated rings. The first-order valence-corrected chi connectivity index (χ1v) is 8.84. The van der Waals surface area contributed by atoms with Gasteiger partial charge in [0, 0.05) is 18.5 Å². The first-order chi connectivity index (χ1) is 13.1. The summed E-state index contributed by atoms with van der Waals surface area (Å²) in [7, 11) is 0. The molecular formula is C21H20N4O2. The molecule has 0 saturated heterocycles. The molecule has 6 nitrogen and oxygen atoms in total. The topological polar surface area (TPSA) is 79.0 Å². The van der Waals surface area contributed by atoms with Crippen LogP contribution in [0.4, 0.5) is 0 Å². The highest BCUT2D eigenvalue weighted by Gasteiger charge is 2.16. The second-order valence-corrected chi connectivity index (χ2v) is 6.32. The highest BCUT2D eigenvalue weighted by atomic mass is 16.2. The van der Waals surface area contributed by atoms with Crippen molar-refractivity contribution in [1.82, 2.24) is 14.7 Å². The van der Waals surface area contributed by atoms with Crippen molar-refractivity contribution < 1.29 is 4.79 Å². The van der Waals surface area contributed by atoms with Gasteiger partial charge in [-0.25, -0.2) is 4.68 Å². The van der Waals surface area contributed by atoms with Gasteiger partial charge in [-0.15, -0.1) is 0 Å². The van der Waals surface area contributed by atoms with Crippen molar-refractivity contribution in [3.63, 3.8) is 0 Å².